The lowest BCUT2D eigenvalue weighted by Gasteiger charge is -2.36. The number of nitrogens with two attached hydrogens (primary N) is 1. The smallest absolute Gasteiger partial charge is 0.279 e. The quantitative estimate of drug-likeness (QED) is 0.772. The van der Waals surface area contributed by atoms with Gasteiger partial charge in [0.15, 0.2) is 0 Å². The minimum Gasteiger partial charge on any atom is -0.381 e. The van der Waals surface area contributed by atoms with Gasteiger partial charge in [-0.2, -0.15) is 17.4 Å². The average Bonchev–Trinajstić information content (AvgIpc) is 2.47. The highest BCUT2D eigenvalue weighted by Crippen LogP contribution is 2.22. The highest BCUT2D eigenvalue weighted by atomic mass is 32.2. The van der Waals surface area contributed by atoms with Crippen molar-refractivity contribution in [2.75, 3.05) is 26.3 Å². The van der Waals surface area contributed by atoms with E-state index < -0.39 is 10.2 Å². The molecule has 2 fully saturated rings. The number of hydrogen-bond donors (Lipinski definition) is 2. The number of piperidine rings is 1. The molecule has 118 valence electrons. The summed E-state index contributed by atoms with van der Waals surface area (Å²) in [7, 11) is -3.43. The summed E-state index contributed by atoms with van der Waals surface area (Å²) < 4.78 is 34.8. The zero-order chi connectivity index (χ0) is 14.6. The molecule has 0 amide bonds. The van der Waals surface area contributed by atoms with Gasteiger partial charge in [0.25, 0.3) is 10.2 Å². The summed E-state index contributed by atoms with van der Waals surface area (Å²) in [6.07, 6.45) is 4.68. The molecule has 0 radical (unpaired) electrons. The molecule has 0 spiro atoms. The molecule has 20 heavy (non-hydrogen) atoms. The van der Waals surface area contributed by atoms with Crippen molar-refractivity contribution < 1.29 is 13.2 Å². The standard InChI is InChI=1S/C13H27N3O3S/c1-11(12-5-8-19-9-6-12)15-20(17,18)16-7-3-2-4-13(16)10-14/h11-13,15H,2-10,14H2,1H3. The fraction of sp³-hybridized carbons (Fsp3) is 1.00. The Labute approximate surface area is 122 Å². The molecule has 0 saturated carbocycles. The Morgan fingerprint density at radius 2 is 2.00 bits per heavy atom. The summed E-state index contributed by atoms with van der Waals surface area (Å²) in [6, 6.07) is -0.104. The van der Waals surface area contributed by atoms with E-state index in [0.29, 0.717) is 19.0 Å². The van der Waals surface area contributed by atoms with Gasteiger partial charge in [0, 0.05) is 38.4 Å². The molecule has 2 aliphatic heterocycles. The third kappa shape index (κ3) is 3.92. The van der Waals surface area contributed by atoms with Gasteiger partial charge in [0.05, 0.1) is 0 Å². The first-order valence-corrected chi connectivity index (χ1v) is 9.05. The van der Waals surface area contributed by atoms with Crippen molar-refractivity contribution >= 4 is 10.2 Å². The Kier molecular flexibility index (Phi) is 5.80. The molecule has 2 heterocycles. The van der Waals surface area contributed by atoms with E-state index in [2.05, 4.69) is 4.72 Å². The van der Waals surface area contributed by atoms with E-state index in [1.807, 2.05) is 6.92 Å². The average molecular weight is 305 g/mol. The summed E-state index contributed by atoms with van der Waals surface area (Å²) in [4.78, 5) is 0. The number of hydrogen-bond acceptors (Lipinski definition) is 4. The minimum atomic E-state index is -3.43. The number of nitrogens with one attached hydrogen (secondary N) is 1. The third-order valence-corrected chi connectivity index (χ3v) is 6.23. The van der Waals surface area contributed by atoms with Gasteiger partial charge < -0.3 is 10.5 Å². The Hall–Kier alpha value is -0.210. The number of nitrogens with zero attached hydrogens (tertiary/aromatic N) is 1. The van der Waals surface area contributed by atoms with Crippen molar-refractivity contribution in [2.45, 2.75) is 51.1 Å². The lowest BCUT2D eigenvalue weighted by atomic mass is 9.94. The Balaban J connectivity index is 1.98. The van der Waals surface area contributed by atoms with Crippen LogP contribution >= 0.6 is 0 Å². The van der Waals surface area contributed by atoms with Gasteiger partial charge in [-0.25, -0.2) is 0 Å². The first kappa shape index (κ1) is 16.2. The van der Waals surface area contributed by atoms with Crippen LogP contribution in [0.2, 0.25) is 0 Å². The van der Waals surface area contributed by atoms with Crippen molar-refractivity contribution in [3.8, 4) is 0 Å². The van der Waals surface area contributed by atoms with E-state index in [9.17, 15) is 8.42 Å². The predicted octanol–water partition coefficient (Wildman–Crippen LogP) is 0.449. The van der Waals surface area contributed by atoms with Gasteiger partial charge in [0.1, 0.15) is 0 Å². The molecule has 2 saturated heterocycles. The van der Waals surface area contributed by atoms with Crippen LogP contribution in [0.1, 0.15) is 39.0 Å². The van der Waals surface area contributed by atoms with Crippen LogP contribution in [0.4, 0.5) is 0 Å². The fourth-order valence-corrected chi connectivity index (χ4v) is 4.89. The second kappa shape index (κ2) is 7.17. The fourth-order valence-electron chi connectivity index (χ4n) is 3.14. The second-order valence-electron chi connectivity index (χ2n) is 5.86. The maximum Gasteiger partial charge on any atom is 0.279 e. The van der Waals surface area contributed by atoms with Crippen LogP contribution < -0.4 is 10.5 Å². The zero-order valence-electron chi connectivity index (χ0n) is 12.3. The van der Waals surface area contributed by atoms with Crippen molar-refractivity contribution in [3.05, 3.63) is 0 Å². The molecule has 0 aromatic rings. The van der Waals surface area contributed by atoms with Crippen LogP contribution in [0.15, 0.2) is 0 Å². The lowest BCUT2D eigenvalue weighted by Crippen LogP contribution is -2.54. The van der Waals surface area contributed by atoms with Gasteiger partial charge >= 0.3 is 0 Å². The number of rotatable bonds is 5. The zero-order valence-corrected chi connectivity index (χ0v) is 13.1. The molecule has 0 aromatic carbocycles. The maximum absolute atomic E-state index is 12.5. The van der Waals surface area contributed by atoms with Crippen molar-refractivity contribution in [2.24, 2.45) is 11.7 Å². The van der Waals surface area contributed by atoms with Gasteiger partial charge in [0.2, 0.25) is 0 Å². The van der Waals surface area contributed by atoms with E-state index in [1.54, 1.807) is 4.31 Å². The molecule has 2 atom stereocenters. The maximum atomic E-state index is 12.5. The molecule has 6 nitrogen and oxygen atoms in total. The highest BCUT2D eigenvalue weighted by molar-refractivity contribution is 7.87. The highest BCUT2D eigenvalue weighted by Gasteiger charge is 2.33. The molecule has 3 N–H and O–H groups in total. The Morgan fingerprint density at radius 1 is 1.30 bits per heavy atom. The third-order valence-electron chi connectivity index (χ3n) is 4.46. The lowest BCUT2D eigenvalue weighted by molar-refractivity contribution is 0.0582. The van der Waals surface area contributed by atoms with Gasteiger partial charge in [-0.1, -0.05) is 6.42 Å². The van der Waals surface area contributed by atoms with Crippen LogP contribution in [-0.4, -0.2) is 51.1 Å². The Morgan fingerprint density at radius 3 is 2.65 bits per heavy atom. The van der Waals surface area contributed by atoms with E-state index in [4.69, 9.17) is 10.5 Å². The normalized spacial score (nSPS) is 28.4. The van der Waals surface area contributed by atoms with Crippen molar-refractivity contribution in [1.29, 1.82) is 0 Å². The van der Waals surface area contributed by atoms with Crippen LogP contribution in [0.25, 0.3) is 0 Å². The first-order valence-electron chi connectivity index (χ1n) is 7.61. The molecule has 7 heteroatoms. The molecule has 2 aliphatic rings. The molecular weight excluding hydrogens is 278 g/mol. The summed E-state index contributed by atoms with van der Waals surface area (Å²) in [6.45, 7) is 4.39. The molecule has 2 unspecified atom stereocenters. The van der Waals surface area contributed by atoms with Crippen LogP contribution in [0.5, 0.6) is 0 Å². The van der Waals surface area contributed by atoms with Gasteiger partial charge in [-0.3, -0.25) is 0 Å². The van der Waals surface area contributed by atoms with Crippen LogP contribution in [0.3, 0.4) is 0 Å². The van der Waals surface area contributed by atoms with E-state index >= 15 is 0 Å². The molecule has 0 aliphatic carbocycles. The minimum absolute atomic E-state index is 0.0516. The van der Waals surface area contributed by atoms with Crippen molar-refractivity contribution in [3.63, 3.8) is 0 Å². The predicted molar refractivity (Wildman–Crippen MR) is 78.5 cm³/mol. The molecule has 0 bridgehead atoms. The van der Waals surface area contributed by atoms with E-state index in [-0.39, 0.29) is 12.1 Å². The molecule has 0 aromatic heterocycles. The molecule has 2 rings (SSSR count). The molecular formula is C13H27N3O3S. The number of ether oxygens (including phenoxy) is 1. The Bertz CT molecular complexity index is 396. The summed E-state index contributed by atoms with van der Waals surface area (Å²) in [5.74, 6) is 0.361. The van der Waals surface area contributed by atoms with Gasteiger partial charge in [-0.05, 0) is 38.5 Å². The topological polar surface area (TPSA) is 84.7 Å². The second-order valence-corrected chi connectivity index (χ2v) is 7.51. The summed E-state index contributed by atoms with van der Waals surface area (Å²) in [5.41, 5.74) is 5.71. The van der Waals surface area contributed by atoms with Crippen LogP contribution in [-0.2, 0) is 14.9 Å². The van der Waals surface area contributed by atoms with E-state index in [1.165, 1.54) is 0 Å². The van der Waals surface area contributed by atoms with Gasteiger partial charge in [-0.15, -0.1) is 0 Å². The monoisotopic (exact) mass is 305 g/mol. The van der Waals surface area contributed by atoms with Crippen molar-refractivity contribution in [1.82, 2.24) is 9.03 Å². The SMILES string of the molecule is CC(NS(=O)(=O)N1CCCCC1CN)C1CCOCC1. The largest absolute Gasteiger partial charge is 0.381 e. The van der Waals surface area contributed by atoms with Crippen LogP contribution in [0, 0.1) is 5.92 Å². The summed E-state index contributed by atoms with van der Waals surface area (Å²) in [5, 5.41) is 0. The summed E-state index contributed by atoms with van der Waals surface area (Å²) >= 11 is 0. The first-order chi connectivity index (χ1) is 9.54. The van der Waals surface area contributed by atoms with E-state index in [0.717, 1.165) is 45.3 Å².